The maximum atomic E-state index is 12.1. The Hall–Kier alpha value is -1.59. The fourth-order valence-corrected chi connectivity index (χ4v) is 1.56. The molecular formula is C12H21N3O3. The fourth-order valence-electron chi connectivity index (χ4n) is 1.56. The summed E-state index contributed by atoms with van der Waals surface area (Å²) in [6, 6.07) is -0.461. The van der Waals surface area contributed by atoms with Crippen LogP contribution >= 0.6 is 0 Å². The van der Waals surface area contributed by atoms with Crippen LogP contribution in [0.15, 0.2) is 19.1 Å². The van der Waals surface area contributed by atoms with Crippen LogP contribution in [0.3, 0.4) is 0 Å². The fraction of sp³-hybridized carbons (Fsp3) is 0.750. The van der Waals surface area contributed by atoms with Crippen molar-refractivity contribution in [3.8, 4) is 0 Å². The molecule has 0 fully saturated rings. The summed E-state index contributed by atoms with van der Waals surface area (Å²) in [7, 11) is 0. The van der Waals surface area contributed by atoms with Gasteiger partial charge in [-0.1, -0.05) is 0 Å². The molecule has 0 saturated heterocycles. The van der Waals surface area contributed by atoms with Gasteiger partial charge in [0.2, 0.25) is 0 Å². The van der Waals surface area contributed by atoms with E-state index >= 15 is 0 Å². The highest BCUT2D eigenvalue weighted by atomic mass is 16.5. The van der Waals surface area contributed by atoms with Crippen LogP contribution in [0.4, 0.5) is 0 Å². The molecule has 0 aromatic carbocycles. The standard InChI is InChI=1S/C12H21N3O3/c1-7(2)13-10-11(16)14(8(3)4)12(17)15(18-10)9(5)6/h7-9H,1-6H3. The van der Waals surface area contributed by atoms with E-state index in [0.717, 1.165) is 0 Å². The maximum absolute atomic E-state index is 12.1. The molecule has 0 radical (unpaired) electrons. The second-order valence-corrected chi connectivity index (χ2v) is 5.09. The van der Waals surface area contributed by atoms with Crippen molar-refractivity contribution >= 4 is 0 Å². The van der Waals surface area contributed by atoms with E-state index in [1.165, 1.54) is 9.31 Å². The first-order valence-electron chi connectivity index (χ1n) is 6.18. The Morgan fingerprint density at radius 3 is 1.94 bits per heavy atom. The third-order valence-electron chi connectivity index (χ3n) is 2.34. The van der Waals surface area contributed by atoms with Crippen molar-refractivity contribution in [3.05, 3.63) is 26.4 Å². The SMILES string of the molecule is CC(C)N=c1on(C(C)C)c(=O)n(C(C)C)c1=O. The number of hydrogen-bond acceptors (Lipinski definition) is 4. The van der Waals surface area contributed by atoms with Gasteiger partial charge in [-0.3, -0.25) is 9.36 Å². The van der Waals surface area contributed by atoms with Crippen LogP contribution < -0.4 is 16.8 Å². The van der Waals surface area contributed by atoms with Crippen LogP contribution in [-0.4, -0.2) is 15.3 Å². The lowest BCUT2D eigenvalue weighted by atomic mass is 10.4. The number of aromatic nitrogens is 2. The molecule has 6 nitrogen and oxygen atoms in total. The Labute approximate surface area is 106 Å². The molecule has 1 aromatic rings. The largest absolute Gasteiger partial charge is 0.360 e. The van der Waals surface area contributed by atoms with Crippen LogP contribution in [0, 0.1) is 0 Å². The maximum Gasteiger partial charge on any atom is 0.360 e. The van der Waals surface area contributed by atoms with Crippen molar-refractivity contribution in [3.63, 3.8) is 0 Å². The molecule has 0 atom stereocenters. The Bertz CT molecular complexity index is 588. The molecule has 0 saturated carbocycles. The number of hydrogen-bond donors (Lipinski definition) is 0. The second kappa shape index (κ2) is 5.37. The van der Waals surface area contributed by atoms with Crippen LogP contribution in [0.1, 0.15) is 53.6 Å². The topological polar surface area (TPSA) is 69.5 Å². The van der Waals surface area contributed by atoms with Gasteiger partial charge >= 0.3 is 16.8 Å². The molecule has 0 N–H and O–H groups in total. The average Bonchev–Trinajstić information content (AvgIpc) is 2.20. The highest BCUT2D eigenvalue weighted by Crippen LogP contribution is 1.98. The highest BCUT2D eigenvalue weighted by Gasteiger charge is 2.15. The Morgan fingerprint density at radius 2 is 1.56 bits per heavy atom. The smallest absolute Gasteiger partial charge is 0.349 e. The van der Waals surface area contributed by atoms with Gasteiger partial charge in [0, 0.05) is 12.1 Å². The van der Waals surface area contributed by atoms with Crippen LogP contribution in [-0.2, 0) is 0 Å². The van der Waals surface area contributed by atoms with Crippen LogP contribution in [0.25, 0.3) is 0 Å². The highest BCUT2D eigenvalue weighted by molar-refractivity contribution is 4.78. The Balaban J connectivity index is 3.79. The predicted octanol–water partition coefficient (Wildman–Crippen LogP) is 1.07. The molecule has 0 aliphatic heterocycles. The monoisotopic (exact) mass is 255 g/mol. The van der Waals surface area contributed by atoms with Gasteiger partial charge in [-0.25, -0.2) is 9.79 Å². The molecule has 0 amide bonds. The summed E-state index contributed by atoms with van der Waals surface area (Å²) in [6.07, 6.45) is 0. The van der Waals surface area contributed by atoms with Gasteiger partial charge in [0.25, 0.3) is 0 Å². The van der Waals surface area contributed by atoms with Crippen molar-refractivity contribution in [2.75, 3.05) is 0 Å². The van der Waals surface area contributed by atoms with Crippen molar-refractivity contribution in [2.45, 2.75) is 59.7 Å². The molecule has 6 heteroatoms. The first-order valence-corrected chi connectivity index (χ1v) is 6.18. The van der Waals surface area contributed by atoms with Gasteiger partial charge in [-0.15, -0.1) is 0 Å². The zero-order valence-corrected chi connectivity index (χ0v) is 11.8. The molecule has 18 heavy (non-hydrogen) atoms. The quantitative estimate of drug-likeness (QED) is 0.811. The van der Waals surface area contributed by atoms with E-state index in [-0.39, 0.29) is 23.7 Å². The van der Waals surface area contributed by atoms with E-state index in [2.05, 4.69) is 4.99 Å². The minimum atomic E-state index is -0.472. The molecule has 0 bridgehead atoms. The van der Waals surface area contributed by atoms with E-state index < -0.39 is 11.2 Å². The van der Waals surface area contributed by atoms with Gasteiger partial charge in [0.1, 0.15) is 0 Å². The Morgan fingerprint density at radius 1 is 1.00 bits per heavy atom. The lowest BCUT2D eigenvalue weighted by Crippen LogP contribution is -2.49. The van der Waals surface area contributed by atoms with Gasteiger partial charge in [-0.2, -0.15) is 4.74 Å². The summed E-state index contributed by atoms with van der Waals surface area (Å²) in [5.74, 6) is 0. The third kappa shape index (κ3) is 2.80. The van der Waals surface area contributed by atoms with E-state index in [1.54, 1.807) is 13.8 Å². The normalized spacial score (nSPS) is 13.1. The molecule has 1 heterocycles. The summed E-state index contributed by atoms with van der Waals surface area (Å²) < 4.78 is 7.66. The average molecular weight is 255 g/mol. The van der Waals surface area contributed by atoms with Crippen molar-refractivity contribution < 1.29 is 4.52 Å². The van der Waals surface area contributed by atoms with Crippen LogP contribution in [0.5, 0.6) is 0 Å². The van der Waals surface area contributed by atoms with Gasteiger partial charge in [0.05, 0.1) is 6.04 Å². The molecule has 0 aliphatic carbocycles. The first-order chi connectivity index (χ1) is 8.25. The summed E-state index contributed by atoms with van der Waals surface area (Å²) in [4.78, 5) is 28.3. The van der Waals surface area contributed by atoms with Gasteiger partial charge in [-0.05, 0) is 41.5 Å². The lowest BCUT2D eigenvalue weighted by Gasteiger charge is -2.13. The molecule has 1 aromatic heterocycles. The van der Waals surface area contributed by atoms with Crippen molar-refractivity contribution in [2.24, 2.45) is 4.99 Å². The predicted molar refractivity (Wildman–Crippen MR) is 68.7 cm³/mol. The molecule has 0 aliphatic rings. The molecular weight excluding hydrogens is 234 g/mol. The molecule has 0 spiro atoms. The summed E-state index contributed by atoms with van der Waals surface area (Å²) >= 11 is 0. The first kappa shape index (κ1) is 14.5. The van der Waals surface area contributed by atoms with Crippen LogP contribution in [0.2, 0.25) is 0 Å². The second-order valence-electron chi connectivity index (χ2n) is 5.09. The van der Waals surface area contributed by atoms with E-state index in [0.29, 0.717) is 0 Å². The lowest BCUT2D eigenvalue weighted by molar-refractivity contribution is 0.163. The van der Waals surface area contributed by atoms with Gasteiger partial charge < -0.3 is 4.52 Å². The third-order valence-corrected chi connectivity index (χ3v) is 2.34. The summed E-state index contributed by atoms with van der Waals surface area (Å²) in [5, 5.41) is 0. The molecule has 1 rings (SSSR count). The minimum absolute atomic E-state index is 0.0213. The van der Waals surface area contributed by atoms with Crippen molar-refractivity contribution in [1.29, 1.82) is 0 Å². The zero-order chi connectivity index (χ0) is 14.0. The number of nitrogens with zero attached hydrogens (tertiary/aromatic N) is 3. The van der Waals surface area contributed by atoms with Gasteiger partial charge in [0.15, 0.2) is 0 Å². The summed E-state index contributed by atoms with van der Waals surface area (Å²) in [6.45, 7) is 10.9. The zero-order valence-electron chi connectivity index (χ0n) is 11.8. The minimum Gasteiger partial charge on any atom is -0.349 e. The Kier molecular flexibility index (Phi) is 4.32. The molecule has 102 valence electrons. The van der Waals surface area contributed by atoms with Crippen molar-refractivity contribution in [1.82, 2.24) is 9.31 Å². The number of rotatable bonds is 3. The van der Waals surface area contributed by atoms with E-state index in [9.17, 15) is 9.59 Å². The van der Waals surface area contributed by atoms with E-state index in [4.69, 9.17) is 4.52 Å². The van der Waals surface area contributed by atoms with E-state index in [1.807, 2.05) is 27.7 Å². The summed E-state index contributed by atoms with van der Waals surface area (Å²) in [5.41, 5.74) is -0.930. The molecule has 0 unspecified atom stereocenters.